The van der Waals surface area contributed by atoms with E-state index in [1.807, 2.05) is 36.4 Å². The van der Waals surface area contributed by atoms with Gasteiger partial charge in [-0.2, -0.15) is 0 Å². The fraction of sp³-hybridized carbons (Fsp3) is 0.176. The topological polar surface area (TPSA) is 39.2 Å². The lowest BCUT2D eigenvalue weighted by Crippen LogP contribution is -2.13. The summed E-state index contributed by atoms with van der Waals surface area (Å²) in [6, 6.07) is 13.4. The van der Waals surface area contributed by atoms with E-state index in [-0.39, 0.29) is 6.04 Å². The zero-order valence-electron chi connectivity index (χ0n) is 11.6. The van der Waals surface area contributed by atoms with E-state index in [1.54, 1.807) is 0 Å². The molecule has 0 fully saturated rings. The molecule has 3 aromatic rings. The summed E-state index contributed by atoms with van der Waals surface area (Å²) < 4.78 is 6.85. The molecule has 0 radical (unpaired) electrons. The van der Waals surface area contributed by atoms with Gasteiger partial charge in [0.2, 0.25) is 0 Å². The van der Waals surface area contributed by atoms with Crippen molar-refractivity contribution in [1.82, 2.24) is 0 Å². The van der Waals surface area contributed by atoms with Gasteiger partial charge in [-0.25, -0.2) is 0 Å². The van der Waals surface area contributed by atoms with Gasteiger partial charge < -0.3 is 10.2 Å². The number of aryl methyl sites for hydroxylation is 1. The molecule has 21 heavy (non-hydrogen) atoms. The van der Waals surface area contributed by atoms with E-state index in [4.69, 9.17) is 21.8 Å². The lowest BCUT2D eigenvalue weighted by molar-refractivity contribution is 0.546. The summed E-state index contributed by atoms with van der Waals surface area (Å²) in [6.45, 7) is 2.07. The second-order valence-corrected chi connectivity index (χ2v) is 6.22. The Hall–Kier alpha value is -1.29. The number of halogens is 2. The van der Waals surface area contributed by atoms with Gasteiger partial charge in [0.25, 0.3) is 0 Å². The number of fused-ring (bicyclic) bond motifs is 1. The first-order chi connectivity index (χ1) is 10.1. The SMILES string of the molecule is CCc1oc2ccccc2c1C(N)c1ccc(Cl)cc1Br. The first-order valence-electron chi connectivity index (χ1n) is 6.82. The Labute approximate surface area is 137 Å². The Morgan fingerprint density at radius 1 is 1.24 bits per heavy atom. The average molecular weight is 365 g/mol. The van der Waals surface area contributed by atoms with Gasteiger partial charge in [0.1, 0.15) is 11.3 Å². The molecule has 2 aromatic carbocycles. The van der Waals surface area contributed by atoms with Gasteiger partial charge in [-0.05, 0) is 23.8 Å². The van der Waals surface area contributed by atoms with E-state index in [9.17, 15) is 0 Å². The van der Waals surface area contributed by atoms with Crippen LogP contribution in [-0.4, -0.2) is 0 Å². The van der Waals surface area contributed by atoms with Gasteiger partial charge in [-0.1, -0.05) is 58.7 Å². The van der Waals surface area contributed by atoms with Crippen LogP contribution in [0.1, 0.15) is 29.9 Å². The molecule has 2 N–H and O–H groups in total. The van der Waals surface area contributed by atoms with Crippen molar-refractivity contribution in [3.8, 4) is 0 Å². The van der Waals surface area contributed by atoms with Gasteiger partial charge in [-0.3, -0.25) is 0 Å². The molecule has 3 rings (SSSR count). The van der Waals surface area contributed by atoms with Gasteiger partial charge in [-0.15, -0.1) is 0 Å². The molecule has 0 aliphatic heterocycles. The Morgan fingerprint density at radius 2 is 2.00 bits per heavy atom. The minimum absolute atomic E-state index is 0.254. The second-order valence-electron chi connectivity index (χ2n) is 4.93. The molecule has 0 spiro atoms. The van der Waals surface area contributed by atoms with Crippen LogP contribution in [0.15, 0.2) is 51.4 Å². The molecule has 1 unspecified atom stereocenters. The molecule has 0 bridgehead atoms. The van der Waals surface area contributed by atoms with Crippen LogP contribution in [0.4, 0.5) is 0 Å². The third-order valence-electron chi connectivity index (χ3n) is 3.64. The third-order valence-corrected chi connectivity index (χ3v) is 4.56. The zero-order valence-corrected chi connectivity index (χ0v) is 13.9. The van der Waals surface area contributed by atoms with Crippen LogP contribution in [0, 0.1) is 0 Å². The van der Waals surface area contributed by atoms with Crippen molar-refractivity contribution >= 4 is 38.5 Å². The van der Waals surface area contributed by atoms with Crippen LogP contribution in [0.5, 0.6) is 0 Å². The molecule has 0 aliphatic rings. The highest BCUT2D eigenvalue weighted by Gasteiger charge is 2.21. The third kappa shape index (κ3) is 2.61. The van der Waals surface area contributed by atoms with Crippen molar-refractivity contribution in [2.75, 3.05) is 0 Å². The summed E-state index contributed by atoms with van der Waals surface area (Å²) in [5.74, 6) is 0.936. The highest BCUT2D eigenvalue weighted by molar-refractivity contribution is 9.10. The Morgan fingerprint density at radius 3 is 2.71 bits per heavy atom. The molecule has 1 aromatic heterocycles. The lowest BCUT2D eigenvalue weighted by atomic mass is 9.96. The highest BCUT2D eigenvalue weighted by Crippen LogP contribution is 2.36. The zero-order chi connectivity index (χ0) is 15.0. The average Bonchev–Trinajstić information content (AvgIpc) is 2.85. The smallest absolute Gasteiger partial charge is 0.134 e. The van der Waals surface area contributed by atoms with E-state index < -0.39 is 0 Å². The largest absolute Gasteiger partial charge is 0.461 e. The highest BCUT2D eigenvalue weighted by atomic mass is 79.9. The maximum atomic E-state index is 6.52. The number of hydrogen-bond acceptors (Lipinski definition) is 2. The van der Waals surface area contributed by atoms with Crippen molar-refractivity contribution < 1.29 is 4.42 Å². The van der Waals surface area contributed by atoms with E-state index in [2.05, 4.69) is 28.9 Å². The van der Waals surface area contributed by atoms with Gasteiger partial charge >= 0.3 is 0 Å². The number of nitrogens with two attached hydrogens (primary N) is 1. The maximum Gasteiger partial charge on any atom is 0.134 e. The second kappa shape index (κ2) is 5.84. The van der Waals surface area contributed by atoms with Gasteiger partial charge in [0.15, 0.2) is 0 Å². The first-order valence-corrected chi connectivity index (χ1v) is 7.99. The molecule has 0 saturated heterocycles. The number of para-hydroxylation sites is 1. The van der Waals surface area contributed by atoms with Crippen LogP contribution in [0.3, 0.4) is 0 Å². The van der Waals surface area contributed by atoms with Crippen LogP contribution < -0.4 is 5.73 Å². The predicted molar refractivity (Wildman–Crippen MR) is 90.8 cm³/mol. The minimum atomic E-state index is -0.254. The van der Waals surface area contributed by atoms with Crippen molar-refractivity contribution in [1.29, 1.82) is 0 Å². The number of rotatable bonds is 3. The van der Waals surface area contributed by atoms with Crippen LogP contribution >= 0.6 is 27.5 Å². The molecule has 1 heterocycles. The molecular formula is C17H15BrClNO. The minimum Gasteiger partial charge on any atom is -0.461 e. The molecule has 1 atom stereocenters. The fourth-order valence-corrected chi connectivity index (χ4v) is 3.56. The molecule has 108 valence electrons. The predicted octanol–water partition coefficient (Wildman–Crippen LogP) is 5.46. The standard InChI is InChI=1S/C17H15BrClNO/c1-2-14-16(12-5-3-4-6-15(12)21-14)17(20)11-8-7-10(19)9-13(11)18/h3-9,17H,2,20H2,1H3. The summed E-state index contributed by atoms with van der Waals surface area (Å²) in [5, 5.41) is 1.76. The quantitative estimate of drug-likeness (QED) is 0.670. The van der Waals surface area contributed by atoms with E-state index in [0.29, 0.717) is 5.02 Å². The first kappa shape index (κ1) is 14.6. The maximum absolute atomic E-state index is 6.52. The van der Waals surface area contributed by atoms with Gasteiger partial charge in [0, 0.05) is 26.9 Å². The van der Waals surface area contributed by atoms with Crippen LogP contribution in [-0.2, 0) is 6.42 Å². The molecule has 2 nitrogen and oxygen atoms in total. The summed E-state index contributed by atoms with van der Waals surface area (Å²) >= 11 is 9.56. The van der Waals surface area contributed by atoms with Crippen LogP contribution in [0.2, 0.25) is 5.02 Å². The van der Waals surface area contributed by atoms with Gasteiger partial charge in [0.05, 0.1) is 6.04 Å². The molecule has 0 saturated carbocycles. The van der Waals surface area contributed by atoms with E-state index in [1.165, 1.54) is 0 Å². The number of hydrogen-bond donors (Lipinski definition) is 1. The lowest BCUT2D eigenvalue weighted by Gasteiger charge is -2.15. The molecule has 0 aliphatic carbocycles. The summed E-state index contributed by atoms with van der Waals surface area (Å²) in [7, 11) is 0. The summed E-state index contributed by atoms with van der Waals surface area (Å²) in [6.07, 6.45) is 0.808. The number of benzene rings is 2. The summed E-state index contributed by atoms with van der Waals surface area (Å²) in [5.41, 5.74) is 9.45. The Balaban J connectivity index is 2.18. The van der Waals surface area contributed by atoms with E-state index >= 15 is 0 Å². The molecule has 4 heteroatoms. The van der Waals surface area contributed by atoms with Crippen LogP contribution in [0.25, 0.3) is 11.0 Å². The van der Waals surface area contributed by atoms with Crippen molar-refractivity contribution in [3.63, 3.8) is 0 Å². The Kier molecular flexibility index (Phi) is 4.07. The normalized spacial score (nSPS) is 12.8. The molecule has 0 amide bonds. The van der Waals surface area contributed by atoms with E-state index in [0.717, 1.165) is 38.7 Å². The van der Waals surface area contributed by atoms with Crippen molar-refractivity contribution in [3.05, 3.63) is 68.8 Å². The summed E-state index contributed by atoms with van der Waals surface area (Å²) in [4.78, 5) is 0. The molecular weight excluding hydrogens is 350 g/mol. The Bertz CT molecular complexity index is 797. The van der Waals surface area contributed by atoms with Crippen molar-refractivity contribution in [2.45, 2.75) is 19.4 Å². The number of furan rings is 1. The van der Waals surface area contributed by atoms with Crippen molar-refractivity contribution in [2.24, 2.45) is 5.73 Å². The fourth-order valence-electron chi connectivity index (χ4n) is 2.63. The monoisotopic (exact) mass is 363 g/mol.